The van der Waals surface area contributed by atoms with Crippen LogP contribution in [0.3, 0.4) is 0 Å². The summed E-state index contributed by atoms with van der Waals surface area (Å²) in [5.41, 5.74) is 6.12. The fraction of sp³-hybridized carbons (Fsp3) is 0.320. The molecule has 2 heterocycles. The lowest BCUT2D eigenvalue weighted by molar-refractivity contribution is 0.102. The summed E-state index contributed by atoms with van der Waals surface area (Å²) < 4.78 is 48.4. The minimum atomic E-state index is -1.06. The van der Waals surface area contributed by atoms with Gasteiger partial charge in [-0.2, -0.15) is 0 Å². The molecule has 3 aromatic rings. The highest BCUT2D eigenvalue weighted by Gasteiger charge is 2.28. The molecular weight excluding hydrogens is 445 g/mol. The van der Waals surface area contributed by atoms with Gasteiger partial charge in [0.15, 0.2) is 0 Å². The van der Waals surface area contributed by atoms with E-state index in [9.17, 15) is 18.0 Å². The molecule has 0 spiro atoms. The number of anilines is 1. The summed E-state index contributed by atoms with van der Waals surface area (Å²) in [7, 11) is 1.26. The summed E-state index contributed by atoms with van der Waals surface area (Å²) in [6, 6.07) is 5.86. The van der Waals surface area contributed by atoms with Crippen LogP contribution >= 0.6 is 0 Å². The summed E-state index contributed by atoms with van der Waals surface area (Å²) in [5.74, 6) is -3.20. The number of rotatable bonds is 5. The molecule has 0 saturated heterocycles. The summed E-state index contributed by atoms with van der Waals surface area (Å²) in [6.45, 7) is 2.15. The third-order valence-corrected chi connectivity index (χ3v) is 6.09. The lowest BCUT2D eigenvalue weighted by Gasteiger charge is -2.32. The number of nitrogens with two attached hydrogens (primary N) is 1. The minimum absolute atomic E-state index is 0.0612. The summed E-state index contributed by atoms with van der Waals surface area (Å²) in [5, 5.41) is 2.76. The molecule has 4 rings (SSSR count). The smallest absolute Gasteiger partial charge is 0.274 e. The van der Waals surface area contributed by atoms with Gasteiger partial charge < -0.3 is 15.8 Å². The maximum absolute atomic E-state index is 14.5. The molecule has 0 bridgehead atoms. The van der Waals surface area contributed by atoms with Gasteiger partial charge in [0.05, 0.1) is 24.6 Å². The molecule has 1 saturated carbocycles. The van der Waals surface area contributed by atoms with Crippen molar-refractivity contribution in [2.75, 3.05) is 12.4 Å². The van der Waals surface area contributed by atoms with Crippen LogP contribution in [0.4, 0.5) is 18.9 Å². The van der Waals surface area contributed by atoms with E-state index in [1.165, 1.54) is 13.3 Å². The SMILES string of the molecule is COc1cc(F)c(-c2nc(C(=O)Nc3cnccc3[C@@H]3C[C@H](C)C[C@@H](N)C3)ccc2F)c(F)c1. The molecule has 1 fully saturated rings. The topological polar surface area (TPSA) is 90.1 Å². The second kappa shape index (κ2) is 9.80. The van der Waals surface area contributed by atoms with Gasteiger partial charge >= 0.3 is 0 Å². The Balaban J connectivity index is 1.64. The highest BCUT2D eigenvalue weighted by atomic mass is 19.1. The molecule has 1 aromatic carbocycles. The molecule has 9 heteroatoms. The molecule has 1 aliphatic carbocycles. The zero-order valence-electron chi connectivity index (χ0n) is 18.8. The number of carbonyl (C=O) groups is 1. The average Bonchev–Trinajstić information content (AvgIpc) is 2.79. The van der Waals surface area contributed by atoms with E-state index in [0.29, 0.717) is 11.6 Å². The van der Waals surface area contributed by atoms with Crippen molar-refractivity contribution in [3.8, 4) is 17.0 Å². The number of ether oxygens (including phenoxy) is 1. The molecule has 34 heavy (non-hydrogen) atoms. The molecule has 1 aliphatic rings. The van der Waals surface area contributed by atoms with Gasteiger partial charge in [-0.3, -0.25) is 9.78 Å². The lowest BCUT2D eigenvalue weighted by atomic mass is 9.76. The first-order valence-corrected chi connectivity index (χ1v) is 11.0. The third-order valence-electron chi connectivity index (χ3n) is 6.09. The van der Waals surface area contributed by atoms with Crippen LogP contribution in [0.15, 0.2) is 42.7 Å². The first-order chi connectivity index (χ1) is 16.3. The van der Waals surface area contributed by atoms with E-state index in [1.807, 2.05) is 6.07 Å². The Kier molecular flexibility index (Phi) is 6.83. The fourth-order valence-electron chi connectivity index (χ4n) is 4.60. The van der Waals surface area contributed by atoms with Gasteiger partial charge in [0.1, 0.15) is 34.6 Å². The van der Waals surface area contributed by atoms with E-state index in [2.05, 4.69) is 22.2 Å². The van der Waals surface area contributed by atoms with Crippen molar-refractivity contribution >= 4 is 11.6 Å². The van der Waals surface area contributed by atoms with Crippen molar-refractivity contribution in [3.63, 3.8) is 0 Å². The molecule has 0 radical (unpaired) electrons. The maximum atomic E-state index is 14.5. The number of nitrogens with zero attached hydrogens (tertiary/aromatic N) is 2. The molecule has 3 atom stereocenters. The molecule has 0 aliphatic heterocycles. The maximum Gasteiger partial charge on any atom is 0.274 e. The van der Waals surface area contributed by atoms with Crippen LogP contribution in [0.25, 0.3) is 11.3 Å². The van der Waals surface area contributed by atoms with Crippen LogP contribution in [0.1, 0.15) is 48.2 Å². The number of methoxy groups -OCH3 is 1. The highest BCUT2D eigenvalue weighted by Crippen LogP contribution is 2.38. The van der Waals surface area contributed by atoms with Gasteiger partial charge in [0.25, 0.3) is 5.91 Å². The molecule has 1 amide bonds. The highest BCUT2D eigenvalue weighted by molar-refractivity contribution is 6.03. The Hall–Kier alpha value is -3.46. The van der Waals surface area contributed by atoms with E-state index < -0.39 is 34.6 Å². The van der Waals surface area contributed by atoms with Crippen molar-refractivity contribution in [2.45, 2.75) is 38.1 Å². The van der Waals surface area contributed by atoms with Gasteiger partial charge in [0, 0.05) is 24.4 Å². The van der Waals surface area contributed by atoms with Crippen molar-refractivity contribution in [2.24, 2.45) is 11.7 Å². The van der Waals surface area contributed by atoms with E-state index in [4.69, 9.17) is 10.5 Å². The van der Waals surface area contributed by atoms with Crippen molar-refractivity contribution in [1.29, 1.82) is 0 Å². The number of amides is 1. The van der Waals surface area contributed by atoms with Gasteiger partial charge in [-0.05, 0) is 54.9 Å². The van der Waals surface area contributed by atoms with E-state index >= 15 is 0 Å². The summed E-state index contributed by atoms with van der Waals surface area (Å²) in [6.07, 6.45) is 5.84. The number of hydrogen-bond acceptors (Lipinski definition) is 5. The molecule has 3 N–H and O–H groups in total. The van der Waals surface area contributed by atoms with Gasteiger partial charge in [-0.1, -0.05) is 6.92 Å². The van der Waals surface area contributed by atoms with Crippen LogP contribution in [0.2, 0.25) is 0 Å². The van der Waals surface area contributed by atoms with Crippen molar-refractivity contribution < 1.29 is 22.7 Å². The summed E-state index contributed by atoms with van der Waals surface area (Å²) >= 11 is 0. The minimum Gasteiger partial charge on any atom is -0.497 e. The molecule has 6 nitrogen and oxygen atoms in total. The number of aromatic nitrogens is 2. The quantitative estimate of drug-likeness (QED) is 0.545. The third kappa shape index (κ3) is 4.89. The number of carbonyl (C=O) groups excluding carboxylic acids is 1. The number of benzene rings is 1. The Morgan fingerprint density at radius 1 is 1.09 bits per heavy atom. The van der Waals surface area contributed by atoms with E-state index in [1.54, 1.807) is 6.20 Å². The number of hydrogen-bond donors (Lipinski definition) is 2. The lowest BCUT2D eigenvalue weighted by Crippen LogP contribution is -2.31. The van der Waals surface area contributed by atoms with Crippen molar-refractivity contribution in [1.82, 2.24) is 9.97 Å². The molecule has 0 unspecified atom stereocenters. The predicted molar refractivity (Wildman–Crippen MR) is 122 cm³/mol. The fourth-order valence-corrected chi connectivity index (χ4v) is 4.60. The van der Waals surface area contributed by atoms with E-state index in [0.717, 1.165) is 49.1 Å². The normalized spacial score (nSPS) is 20.1. The van der Waals surface area contributed by atoms with Crippen LogP contribution < -0.4 is 15.8 Å². The van der Waals surface area contributed by atoms with E-state index in [-0.39, 0.29) is 23.4 Å². The first kappa shape index (κ1) is 23.7. The Morgan fingerprint density at radius 2 is 1.82 bits per heavy atom. The Labute approximate surface area is 195 Å². The molecular formula is C25H25F3N4O2. The first-order valence-electron chi connectivity index (χ1n) is 11.0. The zero-order valence-corrected chi connectivity index (χ0v) is 18.8. The molecule has 2 aromatic heterocycles. The second-order valence-electron chi connectivity index (χ2n) is 8.68. The Morgan fingerprint density at radius 3 is 2.50 bits per heavy atom. The Bertz CT molecular complexity index is 1190. The van der Waals surface area contributed by atoms with Crippen molar-refractivity contribution in [3.05, 3.63) is 71.4 Å². The number of nitrogens with one attached hydrogen (secondary N) is 1. The van der Waals surface area contributed by atoms with Crippen LogP contribution in [0.5, 0.6) is 5.75 Å². The van der Waals surface area contributed by atoms with Gasteiger partial charge in [-0.25, -0.2) is 18.2 Å². The van der Waals surface area contributed by atoms with Gasteiger partial charge in [0.2, 0.25) is 0 Å². The largest absolute Gasteiger partial charge is 0.497 e. The van der Waals surface area contributed by atoms with Gasteiger partial charge in [-0.15, -0.1) is 0 Å². The summed E-state index contributed by atoms with van der Waals surface area (Å²) in [4.78, 5) is 21.0. The number of halogens is 3. The monoisotopic (exact) mass is 470 g/mol. The standard InChI is InChI=1S/C25H25F3N4O2/c1-13-7-14(9-15(29)8-13)17-5-6-30-12-22(17)32-25(33)21-4-3-18(26)24(31-21)23-19(27)10-16(34-2)11-20(23)28/h3-6,10-15H,7-9,29H2,1-2H3,(H,32,33)/t13-,14+,15+/m0/s1. The van der Waals surface area contributed by atoms with Crippen LogP contribution in [0, 0.1) is 23.4 Å². The van der Waals surface area contributed by atoms with Crippen LogP contribution in [-0.2, 0) is 0 Å². The predicted octanol–water partition coefficient (Wildman–Crippen LogP) is 5.05. The van der Waals surface area contributed by atoms with Crippen LogP contribution in [-0.4, -0.2) is 29.0 Å². The number of pyridine rings is 2. The second-order valence-corrected chi connectivity index (χ2v) is 8.68. The average molecular weight is 470 g/mol. The zero-order chi connectivity index (χ0) is 24.4. The molecule has 178 valence electrons.